The van der Waals surface area contributed by atoms with E-state index < -0.39 is 0 Å². The number of nitrogens with two attached hydrogens (primary N) is 1. The van der Waals surface area contributed by atoms with Crippen LogP contribution in [-0.2, 0) is 0 Å². The Labute approximate surface area is 124 Å². The van der Waals surface area contributed by atoms with E-state index in [1.807, 2.05) is 11.8 Å². The topological polar surface area (TPSA) is 41.3 Å². The van der Waals surface area contributed by atoms with Crippen molar-refractivity contribution < 1.29 is 0 Å². The Balaban J connectivity index is 0.00000133. The van der Waals surface area contributed by atoms with Crippen molar-refractivity contribution in [3.63, 3.8) is 0 Å². The lowest BCUT2D eigenvalue weighted by molar-refractivity contribution is 0.809. The van der Waals surface area contributed by atoms with Crippen molar-refractivity contribution in [2.75, 3.05) is 24.3 Å². The second kappa shape index (κ2) is 5.49. The van der Waals surface area contributed by atoms with Gasteiger partial charge in [-0.3, -0.25) is 0 Å². The molecule has 1 aliphatic heterocycles. The summed E-state index contributed by atoms with van der Waals surface area (Å²) < 4.78 is 0. The summed E-state index contributed by atoms with van der Waals surface area (Å²) >= 11 is 1.84. The third kappa shape index (κ3) is 2.76. The van der Waals surface area contributed by atoms with E-state index in [-0.39, 0.29) is 18.4 Å². The van der Waals surface area contributed by atoms with Crippen molar-refractivity contribution in [3.05, 3.63) is 41.0 Å². The molecule has 1 unspecified atom stereocenters. The van der Waals surface area contributed by atoms with Crippen molar-refractivity contribution in [2.45, 2.75) is 17.4 Å². The number of benzene rings is 1. The average Bonchev–Trinajstić information content (AvgIpc) is 2.35. The SMILES string of the molecule is CN(C)c1ccc2c(c1)SC1=C(C=CC(N)C1)N2.Cl. The van der Waals surface area contributed by atoms with Crippen LogP contribution >= 0.6 is 24.2 Å². The van der Waals surface area contributed by atoms with Gasteiger partial charge in [0.05, 0.1) is 5.69 Å². The minimum atomic E-state index is 0. The average molecular weight is 296 g/mol. The first kappa shape index (κ1) is 14.3. The number of rotatable bonds is 1. The fourth-order valence-electron chi connectivity index (χ4n) is 2.17. The number of anilines is 2. The number of nitrogens with one attached hydrogen (secondary N) is 1. The molecule has 1 aliphatic carbocycles. The quantitative estimate of drug-likeness (QED) is 0.835. The summed E-state index contributed by atoms with van der Waals surface area (Å²) in [6, 6.07) is 6.65. The molecule has 3 N–H and O–H groups in total. The Hall–Kier alpha value is -1.10. The van der Waals surface area contributed by atoms with Crippen molar-refractivity contribution >= 4 is 35.5 Å². The molecule has 0 radical (unpaired) electrons. The standard InChI is InChI=1S/C14H17N3S.ClH/c1-17(2)10-4-6-12-14(8-10)18-13-7-9(15)3-5-11(13)16-12;/h3-6,8-9,16H,7,15H2,1-2H3;1H. The van der Waals surface area contributed by atoms with E-state index in [1.54, 1.807) is 0 Å². The summed E-state index contributed by atoms with van der Waals surface area (Å²) in [4.78, 5) is 4.74. The first-order valence-electron chi connectivity index (χ1n) is 6.06. The van der Waals surface area contributed by atoms with Crippen LogP contribution in [0, 0.1) is 0 Å². The van der Waals surface area contributed by atoms with Crippen LogP contribution < -0.4 is 16.0 Å². The van der Waals surface area contributed by atoms with Crippen molar-refractivity contribution in [1.29, 1.82) is 0 Å². The molecule has 0 aromatic heterocycles. The van der Waals surface area contributed by atoms with Gasteiger partial charge in [0.25, 0.3) is 0 Å². The first-order chi connectivity index (χ1) is 8.63. The van der Waals surface area contributed by atoms with Crippen LogP contribution in [0.2, 0.25) is 0 Å². The number of thioether (sulfide) groups is 1. The third-order valence-corrected chi connectivity index (χ3v) is 4.41. The second-order valence-electron chi connectivity index (χ2n) is 4.87. The lowest BCUT2D eigenvalue weighted by atomic mass is 10.1. The number of nitrogens with zero attached hydrogens (tertiary/aromatic N) is 1. The molecular formula is C14H18ClN3S. The summed E-state index contributed by atoms with van der Waals surface area (Å²) in [5.74, 6) is 0. The summed E-state index contributed by atoms with van der Waals surface area (Å²) in [5.41, 5.74) is 9.58. The van der Waals surface area contributed by atoms with Gasteiger partial charge in [0.15, 0.2) is 0 Å². The van der Waals surface area contributed by atoms with Crippen molar-refractivity contribution in [2.24, 2.45) is 5.73 Å². The van der Waals surface area contributed by atoms with Gasteiger partial charge in [0.2, 0.25) is 0 Å². The molecule has 5 heteroatoms. The van der Waals surface area contributed by atoms with Gasteiger partial charge in [-0.1, -0.05) is 17.8 Å². The zero-order valence-corrected chi connectivity index (χ0v) is 12.6. The van der Waals surface area contributed by atoms with Gasteiger partial charge < -0.3 is 16.0 Å². The molecule has 0 fully saturated rings. The molecule has 3 nitrogen and oxygen atoms in total. The van der Waals surface area contributed by atoms with E-state index in [4.69, 9.17) is 5.73 Å². The molecule has 2 aliphatic rings. The van der Waals surface area contributed by atoms with Crippen LogP contribution in [0.15, 0.2) is 45.8 Å². The van der Waals surface area contributed by atoms with E-state index in [0.717, 1.165) is 6.42 Å². The third-order valence-electron chi connectivity index (χ3n) is 3.22. The normalized spacial score (nSPS) is 20.1. The van der Waals surface area contributed by atoms with Crippen LogP contribution in [-0.4, -0.2) is 20.1 Å². The number of fused-ring (bicyclic) bond motifs is 1. The maximum absolute atomic E-state index is 5.97. The minimum Gasteiger partial charge on any atom is -0.378 e. The molecule has 0 saturated heterocycles. The Bertz CT molecular complexity index is 552. The summed E-state index contributed by atoms with van der Waals surface area (Å²) in [7, 11) is 4.12. The number of hydrogen-bond acceptors (Lipinski definition) is 4. The van der Waals surface area contributed by atoms with Gasteiger partial charge in [-0.15, -0.1) is 12.4 Å². The molecule has 0 saturated carbocycles. The molecule has 19 heavy (non-hydrogen) atoms. The van der Waals surface area contributed by atoms with Crippen LogP contribution in [0.3, 0.4) is 0 Å². The maximum atomic E-state index is 5.97. The molecule has 1 heterocycles. The molecule has 3 rings (SSSR count). The van der Waals surface area contributed by atoms with Gasteiger partial charge in [-0.05, 0) is 30.7 Å². The molecular weight excluding hydrogens is 278 g/mol. The zero-order valence-electron chi connectivity index (χ0n) is 11.0. The minimum absolute atomic E-state index is 0. The summed E-state index contributed by atoms with van der Waals surface area (Å²) in [6.07, 6.45) is 5.08. The molecule has 0 amide bonds. The van der Waals surface area contributed by atoms with E-state index >= 15 is 0 Å². The lowest BCUT2D eigenvalue weighted by Gasteiger charge is -2.27. The largest absolute Gasteiger partial charge is 0.378 e. The Morgan fingerprint density at radius 3 is 2.89 bits per heavy atom. The second-order valence-corrected chi connectivity index (χ2v) is 6.00. The van der Waals surface area contributed by atoms with Crippen LogP contribution in [0.25, 0.3) is 0 Å². The van der Waals surface area contributed by atoms with Gasteiger partial charge in [0, 0.05) is 41.3 Å². The van der Waals surface area contributed by atoms with Crippen LogP contribution in [0.4, 0.5) is 11.4 Å². The van der Waals surface area contributed by atoms with Crippen molar-refractivity contribution in [3.8, 4) is 0 Å². The predicted octanol–water partition coefficient (Wildman–Crippen LogP) is 3.19. The highest BCUT2D eigenvalue weighted by Gasteiger charge is 2.21. The van der Waals surface area contributed by atoms with Gasteiger partial charge in [-0.25, -0.2) is 0 Å². The monoisotopic (exact) mass is 295 g/mol. The number of allylic oxidation sites excluding steroid dienone is 1. The fraction of sp³-hybridized carbons (Fsp3) is 0.286. The highest BCUT2D eigenvalue weighted by molar-refractivity contribution is 8.03. The summed E-state index contributed by atoms with van der Waals surface area (Å²) in [6.45, 7) is 0. The van der Waals surface area contributed by atoms with Crippen molar-refractivity contribution in [1.82, 2.24) is 0 Å². The molecule has 1 aromatic rings. The maximum Gasteiger partial charge on any atom is 0.0527 e. The Morgan fingerprint density at radius 2 is 2.16 bits per heavy atom. The number of hydrogen-bond donors (Lipinski definition) is 2. The van der Waals surface area contributed by atoms with Gasteiger partial charge >= 0.3 is 0 Å². The van der Waals surface area contributed by atoms with Gasteiger partial charge in [-0.2, -0.15) is 0 Å². The molecule has 1 atom stereocenters. The van der Waals surface area contributed by atoms with E-state index in [2.05, 4.69) is 54.7 Å². The Kier molecular flexibility index (Phi) is 4.13. The molecule has 102 valence electrons. The highest BCUT2D eigenvalue weighted by Crippen LogP contribution is 2.44. The molecule has 0 bridgehead atoms. The summed E-state index contributed by atoms with van der Waals surface area (Å²) in [5, 5.41) is 3.48. The number of halogens is 1. The fourth-order valence-corrected chi connectivity index (χ4v) is 3.35. The van der Waals surface area contributed by atoms with E-state index in [9.17, 15) is 0 Å². The molecule has 1 aromatic carbocycles. The highest BCUT2D eigenvalue weighted by atomic mass is 35.5. The smallest absolute Gasteiger partial charge is 0.0527 e. The molecule has 0 spiro atoms. The first-order valence-corrected chi connectivity index (χ1v) is 6.88. The van der Waals surface area contributed by atoms with Crippen LogP contribution in [0.1, 0.15) is 6.42 Å². The predicted molar refractivity (Wildman–Crippen MR) is 86.3 cm³/mol. The zero-order chi connectivity index (χ0) is 12.7. The van der Waals surface area contributed by atoms with Crippen LogP contribution in [0.5, 0.6) is 0 Å². The van der Waals surface area contributed by atoms with Gasteiger partial charge in [0.1, 0.15) is 0 Å². The van der Waals surface area contributed by atoms with E-state index in [0.29, 0.717) is 0 Å². The lowest BCUT2D eigenvalue weighted by Crippen LogP contribution is -2.22. The van der Waals surface area contributed by atoms with E-state index in [1.165, 1.54) is 26.9 Å². The Morgan fingerprint density at radius 1 is 1.37 bits per heavy atom.